The molecule has 2 nitrogen and oxygen atoms in total. The molecule has 0 aliphatic rings. The molecule has 0 aliphatic heterocycles. The zero-order chi connectivity index (χ0) is 10.1. The van der Waals surface area contributed by atoms with Crippen molar-refractivity contribution in [2.45, 2.75) is 13.8 Å². The first-order valence-electron chi connectivity index (χ1n) is 4.22. The van der Waals surface area contributed by atoms with E-state index in [1.807, 2.05) is 13.0 Å². The van der Waals surface area contributed by atoms with Crippen LogP contribution in [-0.2, 0) is 0 Å². The number of hydrogen-bond acceptors (Lipinski definition) is 2. The monoisotopic (exact) mass is 294 g/mol. The maximum atomic E-state index is 8.96. The molecule has 0 amide bonds. The van der Waals surface area contributed by atoms with Gasteiger partial charge in [0.2, 0.25) is 0 Å². The third-order valence-electron chi connectivity index (χ3n) is 1.13. The highest BCUT2D eigenvalue weighted by atomic mass is 127. The first-order chi connectivity index (χ1) is 6.24. The first-order valence-corrected chi connectivity index (χ1v) is 5.74. The molecule has 0 atom stereocenters. The fourth-order valence-electron chi connectivity index (χ4n) is 0.740. The maximum Gasteiger partial charge on any atom is 0.122 e. The van der Waals surface area contributed by atoms with E-state index in [0.717, 1.165) is 0 Å². The van der Waals surface area contributed by atoms with Crippen molar-refractivity contribution < 1.29 is 9.84 Å². The van der Waals surface area contributed by atoms with Crippen molar-refractivity contribution in [3.63, 3.8) is 0 Å². The van der Waals surface area contributed by atoms with Gasteiger partial charge in [-0.2, -0.15) is 0 Å². The molecule has 0 unspecified atom stereocenters. The molecule has 0 fully saturated rings. The van der Waals surface area contributed by atoms with Gasteiger partial charge >= 0.3 is 0 Å². The van der Waals surface area contributed by atoms with Crippen LogP contribution >= 0.6 is 22.6 Å². The predicted molar refractivity (Wildman–Crippen MR) is 63.8 cm³/mol. The molecular weight excluding hydrogens is 279 g/mol. The number of benzene rings is 1. The van der Waals surface area contributed by atoms with Crippen LogP contribution in [-0.4, -0.2) is 16.1 Å². The highest BCUT2D eigenvalue weighted by molar-refractivity contribution is 14.1. The Balaban J connectivity index is 0.000000424. The lowest BCUT2D eigenvalue weighted by Crippen LogP contribution is -1.89. The molecule has 0 aliphatic carbocycles. The summed E-state index contributed by atoms with van der Waals surface area (Å²) in [6.45, 7) is 4.65. The summed E-state index contributed by atoms with van der Waals surface area (Å²) in [5.74, 6) is 0.952. The zero-order valence-corrected chi connectivity index (χ0v) is 10.1. The van der Waals surface area contributed by atoms with Gasteiger partial charge in [-0.1, -0.05) is 35.6 Å². The molecule has 0 radical (unpaired) electrons. The second kappa shape index (κ2) is 8.16. The minimum absolute atomic E-state index is 0.242. The van der Waals surface area contributed by atoms with Gasteiger partial charge in [0.1, 0.15) is 11.5 Å². The summed E-state index contributed by atoms with van der Waals surface area (Å²) in [6.07, 6.45) is 0. The van der Waals surface area contributed by atoms with Crippen molar-refractivity contribution in [2.24, 2.45) is 0 Å². The summed E-state index contributed by atoms with van der Waals surface area (Å²) >= 11 is 2.29. The molecule has 0 saturated carbocycles. The van der Waals surface area contributed by atoms with Crippen LogP contribution in [0.2, 0.25) is 0 Å². The summed E-state index contributed by atoms with van der Waals surface area (Å²) in [6, 6.07) is 6.76. The predicted octanol–water partition coefficient (Wildman–Crippen LogP) is 3.23. The second-order valence-corrected chi connectivity index (χ2v) is 3.72. The molecule has 1 aromatic carbocycles. The van der Waals surface area contributed by atoms with Gasteiger partial charge in [0.25, 0.3) is 0 Å². The Morgan fingerprint density at radius 1 is 1.38 bits per heavy atom. The number of alkyl halides is 1. The largest absolute Gasteiger partial charge is 0.508 e. The number of rotatable bonds is 2. The van der Waals surface area contributed by atoms with E-state index in [0.29, 0.717) is 12.4 Å². The van der Waals surface area contributed by atoms with Crippen LogP contribution in [0.1, 0.15) is 13.8 Å². The van der Waals surface area contributed by atoms with Crippen LogP contribution in [0.25, 0.3) is 0 Å². The van der Waals surface area contributed by atoms with Crippen LogP contribution < -0.4 is 4.74 Å². The van der Waals surface area contributed by atoms with E-state index in [4.69, 9.17) is 9.84 Å². The van der Waals surface area contributed by atoms with Crippen LogP contribution in [0.15, 0.2) is 24.3 Å². The average Bonchev–Trinajstić information content (AvgIpc) is 2.06. The fourth-order valence-corrected chi connectivity index (χ4v) is 0.740. The molecule has 0 heterocycles. The first kappa shape index (κ1) is 12.6. The van der Waals surface area contributed by atoms with Gasteiger partial charge in [-0.25, -0.2) is 0 Å². The van der Waals surface area contributed by atoms with Crippen molar-refractivity contribution in [2.75, 3.05) is 11.0 Å². The Bertz CT molecular complexity index is 226. The van der Waals surface area contributed by atoms with Crippen molar-refractivity contribution in [1.29, 1.82) is 0 Å². The minimum atomic E-state index is 0.242. The number of phenolic OH excluding ortho intramolecular Hbond substituents is 1. The molecule has 1 rings (SSSR count). The highest BCUT2D eigenvalue weighted by Crippen LogP contribution is 2.16. The Labute approximate surface area is 93.1 Å². The van der Waals surface area contributed by atoms with Crippen LogP contribution in [0, 0.1) is 0 Å². The topological polar surface area (TPSA) is 29.5 Å². The number of halogens is 1. The maximum absolute atomic E-state index is 8.96. The van der Waals surface area contributed by atoms with Gasteiger partial charge in [0.15, 0.2) is 0 Å². The molecule has 0 bridgehead atoms. The van der Waals surface area contributed by atoms with E-state index in [1.54, 1.807) is 18.2 Å². The molecule has 0 spiro atoms. The van der Waals surface area contributed by atoms with E-state index < -0.39 is 0 Å². The summed E-state index contributed by atoms with van der Waals surface area (Å²) in [5, 5.41) is 8.96. The Morgan fingerprint density at radius 3 is 2.46 bits per heavy atom. The van der Waals surface area contributed by atoms with Crippen molar-refractivity contribution in [1.82, 2.24) is 0 Å². The molecule has 0 aromatic heterocycles. The highest BCUT2D eigenvalue weighted by Gasteiger charge is 1.90. The second-order valence-electron chi connectivity index (χ2n) is 2.20. The molecular formula is C10H15IO2. The molecule has 0 saturated heterocycles. The van der Waals surface area contributed by atoms with Crippen molar-refractivity contribution in [3.05, 3.63) is 24.3 Å². The van der Waals surface area contributed by atoms with Gasteiger partial charge in [0.05, 0.1) is 6.61 Å². The molecule has 13 heavy (non-hydrogen) atoms. The third kappa shape index (κ3) is 6.69. The minimum Gasteiger partial charge on any atom is -0.508 e. The van der Waals surface area contributed by atoms with E-state index in [9.17, 15) is 0 Å². The van der Waals surface area contributed by atoms with Gasteiger partial charge in [-0.15, -0.1) is 0 Å². The summed E-state index contributed by atoms with van der Waals surface area (Å²) in [4.78, 5) is 0. The number of ether oxygens (including phenoxy) is 1. The van der Waals surface area contributed by atoms with E-state index in [1.165, 1.54) is 4.43 Å². The van der Waals surface area contributed by atoms with Gasteiger partial charge in [0, 0.05) is 6.07 Å². The molecule has 1 aromatic rings. The normalized spacial score (nSPS) is 8.54. The van der Waals surface area contributed by atoms with Crippen molar-refractivity contribution in [3.8, 4) is 11.5 Å². The van der Waals surface area contributed by atoms with Gasteiger partial charge in [-0.3, -0.25) is 0 Å². The Hall–Kier alpha value is -0.450. The zero-order valence-electron chi connectivity index (χ0n) is 7.96. The van der Waals surface area contributed by atoms with E-state index in [-0.39, 0.29) is 5.75 Å². The van der Waals surface area contributed by atoms with Crippen LogP contribution in [0.5, 0.6) is 11.5 Å². The lowest BCUT2D eigenvalue weighted by atomic mass is 10.3. The number of aromatic hydroxyl groups is 1. The van der Waals surface area contributed by atoms with Crippen molar-refractivity contribution >= 4 is 22.6 Å². The molecule has 74 valence electrons. The van der Waals surface area contributed by atoms with E-state index >= 15 is 0 Å². The fraction of sp³-hybridized carbons (Fsp3) is 0.400. The van der Waals surface area contributed by atoms with Gasteiger partial charge in [-0.05, 0) is 23.5 Å². The Kier molecular flexibility index (Phi) is 7.88. The van der Waals surface area contributed by atoms with Gasteiger partial charge < -0.3 is 9.84 Å². The SMILES string of the molecule is CCI.CCOc1cccc(O)c1. The lowest BCUT2D eigenvalue weighted by molar-refractivity contribution is 0.337. The Morgan fingerprint density at radius 2 is 2.00 bits per heavy atom. The number of hydrogen-bond donors (Lipinski definition) is 1. The quantitative estimate of drug-likeness (QED) is 0.670. The van der Waals surface area contributed by atoms with Crippen LogP contribution in [0.4, 0.5) is 0 Å². The molecule has 1 N–H and O–H groups in total. The smallest absolute Gasteiger partial charge is 0.122 e. The summed E-state index contributed by atoms with van der Waals surface area (Å²) in [7, 11) is 0. The summed E-state index contributed by atoms with van der Waals surface area (Å²) < 4.78 is 6.35. The van der Waals surface area contributed by atoms with E-state index in [2.05, 4.69) is 29.5 Å². The summed E-state index contributed by atoms with van der Waals surface area (Å²) in [5.41, 5.74) is 0. The van der Waals surface area contributed by atoms with Crippen LogP contribution in [0.3, 0.4) is 0 Å². The third-order valence-corrected chi connectivity index (χ3v) is 1.13. The number of phenols is 1. The standard InChI is InChI=1S/C8H10O2.C2H5I/c1-2-10-8-5-3-4-7(9)6-8;1-2-3/h3-6,9H,2H2,1H3;2H2,1H3. The average molecular weight is 294 g/mol. The lowest BCUT2D eigenvalue weighted by Gasteiger charge is -2.01. The molecule has 3 heteroatoms.